The van der Waals surface area contributed by atoms with Crippen LogP contribution in [0.2, 0.25) is 5.02 Å². The van der Waals surface area contributed by atoms with Crippen molar-refractivity contribution < 1.29 is 9.59 Å². The van der Waals surface area contributed by atoms with Gasteiger partial charge < -0.3 is 5.32 Å². The van der Waals surface area contributed by atoms with Gasteiger partial charge in [0.2, 0.25) is 5.91 Å². The Morgan fingerprint density at radius 2 is 1.86 bits per heavy atom. The number of nitrogens with one attached hydrogen (secondary N) is 1. The molecule has 1 saturated carbocycles. The molecule has 1 aliphatic heterocycles. The second-order valence-electron chi connectivity index (χ2n) is 5.85. The molecule has 1 aromatic carbocycles. The van der Waals surface area contributed by atoms with Crippen LogP contribution in [0.5, 0.6) is 0 Å². The molecule has 2 aliphatic rings. The maximum atomic E-state index is 13.0. The van der Waals surface area contributed by atoms with E-state index in [2.05, 4.69) is 5.32 Å². The van der Waals surface area contributed by atoms with Gasteiger partial charge in [0.15, 0.2) is 0 Å². The van der Waals surface area contributed by atoms with E-state index in [0.29, 0.717) is 11.4 Å². The van der Waals surface area contributed by atoms with E-state index in [1.165, 1.54) is 0 Å². The first-order chi connectivity index (χ1) is 10.1. The maximum absolute atomic E-state index is 13.0. The number of hydrogen-bond donors (Lipinski definition) is 1. The van der Waals surface area contributed by atoms with Crippen LogP contribution in [-0.4, -0.2) is 23.4 Å². The van der Waals surface area contributed by atoms with Gasteiger partial charge in [0.1, 0.15) is 11.6 Å². The third kappa shape index (κ3) is 2.31. The number of nitrogens with zero attached hydrogens (tertiary/aromatic N) is 1. The number of benzene rings is 1. The Balaban J connectivity index is 2.02. The Bertz CT molecular complexity index is 564. The number of anilines is 1. The van der Waals surface area contributed by atoms with Gasteiger partial charge in [-0.25, -0.2) is 0 Å². The quantitative estimate of drug-likeness (QED) is 0.913. The molecule has 4 nitrogen and oxygen atoms in total. The molecule has 1 atom stereocenters. The normalized spacial score (nSPS) is 24.5. The van der Waals surface area contributed by atoms with E-state index in [1.807, 2.05) is 19.1 Å². The van der Waals surface area contributed by atoms with Gasteiger partial charge in [-0.3, -0.25) is 14.5 Å². The highest BCUT2D eigenvalue weighted by molar-refractivity contribution is 6.30. The molecule has 112 valence electrons. The van der Waals surface area contributed by atoms with E-state index >= 15 is 0 Å². The molecule has 0 bridgehead atoms. The maximum Gasteiger partial charge on any atom is 0.253 e. The molecule has 0 aromatic heterocycles. The van der Waals surface area contributed by atoms with E-state index in [0.717, 1.165) is 31.4 Å². The fourth-order valence-corrected chi connectivity index (χ4v) is 3.57. The predicted molar refractivity (Wildman–Crippen MR) is 82.4 cm³/mol. The Morgan fingerprint density at radius 3 is 2.43 bits per heavy atom. The standard InChI is InChI=1S/C16H19ClN2O2/c1-2-13-14(20)18-16(9-3-4-10-16)15(21)19(13)12-7-5-11(17)6-8-12/h5-8,13H,2-4,9-10H2,1H3,(H,18,20). The summed E-state index contributed by atoms with van der Waals surface area (Å²) in [4.78, 5) is 27.1. The number of halogens is 1. The van der Waals surface area contributed by atoms with Crippen molar-refractivity contribution in [3.8, 4) is 0 Å². The largest absolute Gasteiger partial charge is 0.340 e. The Kier molecular flexibility index (Phi) is 3.66. The average Bonchev–Trinajstić information content (AvgIpc) is 2.93. The molecule has 2 amide bonds. The number of carbonyl (C=O) groups excluding carboxylic acids is 2. The molecule has 1 aromatic rings. The summed E-state index contributed by atoms with van der Waals surface area (Å²) in [7, 11) is 0. The molecule has 1 unspecified atom stereocenters. The Hall–Kier alpha value is -1.55. The molecule has 1 heterocycles. The Morgan fingerprint density at radius 1 is 1.24 bits per heavy atom. The first kappa shape index (κ1) is 14.4. The average molecular weight is 307 g/mol. The summed E-state index contributed by atoms with van der Waals surface area (Å²) in [5.41, 5.74) is 0.0555. The molecule has 1 saturated heterocycles. The fraction of sp³-hybridized carbons (Fsp3) is 0.500. The zero-order valence-corrected chi connectivity index (χ0v) is 12.8. The highest BCUT2D eigenvalue weighted by Crippen LogP contribution is 2.37. The molecule has 21 heavy (non-hydrogen) atoms. The van der Waals surface area contributed by atoms with Crippen LogP contribution in [0.3, 0.4) is 0 Å². The third-order valence-electron chi connectivity index (χ3n) is 4.55. The zero-order chi connectivity index (χ0) is 15.0. The molecular weight excluding hydrogens is 288 g/mol. The van der Waals surface area contributed by atoms with Crippen molar-refractivity contribution in [1.29, 1.82) is 0 Å². The second-order valence-corrected chi connectivity index (χ2v) is 6.29. The van der Waals surface area contributed by atoms with Crippen molar-refractivity contribution in [2.45, 2.75) is 50.6 Å². The molecule has 1 N–H and O–H groups in total. The lowest BCUT2D eigenvalue weighted by atomic mass is 9.89. The summed E-state index contributed by atoms with van der Waals surface area (Å²) in [6.45, 7) is 1.92. The van der Waals surface area contributed by atoms with Gasteiger partial charge in [-0.1, -0.05) is 31.4 Å². The molecule has 5 heteroatoms. The number of rotatable bonds is 2. The van der Waals surface area contributed by atoms with Crippen LogP contribution in [0.4, 0.5) is 5.69 Å². The van der Waals surface area contributed by atoms with Crippen molar-refractivity contribution in [2.75, 3.05) is 4.90 Å². The summed E-state index contributed by atoms with van der Waals surface area (Å²) >= 11 is 5.92. The van der Waals surface area contributed by atoms with Crippen LogP contribution >= 0.6 is 11.6 Å². The summed E-state index contributed by atoms with van der Waals surface area (Å²) in [6.07, 6.45) is 4.03. The number of piperazine rings is 1. The van der Waals surface area contributed by atoms with E-state index in [4.69, 9.17) is 11.6 Å². The minimum Gasteiger partial charge on any atom is -0.340 e. The predicted octanol–water partition coefficient (Wildman–Crippen LogP) is 2.89. The van der Waals surface area contributed by atoms with Gasteiger partial charge in [0, 0.05) is 10.7 Å². The van der Waals surface area contributed by atoms with Crippen molar-refractivity contribution in [3.63, 3.8) is 0 Å². The minimum absolute atomic E-state index is 0.0220. The Labute approximate surface area is 129 Å². The lowest BCUT2D eigenvalue weighted by molar-refractivity contribution is -0.138. The molecule has 0 radical (unpaired) electrons. The smallest absolute Gasteiger partial charge is 0.253 e. The highest BCUT2D eigenvalue weighted by atomic mass is 35.5. The van der Waals surface area contributed by atoms with Crippen molar-refractivity contribution in [2.24, 2.45) is 0 Å². The van der Waals surface area contributed by atoms with Crippen LogP contribution in [0.25, 0.3) is 0 Å². The van der Waals surface area contributed by atoms with Gasteiger partial charge in [-0.15, -0.1) is 0 Å². The molecule has 2 fully saturated rings. The van der Waals surface area contributed by atoms with E-state index in [1.54, 1.807) is 17.0 Å². The number of carbonyl (C=O) groups is 2. The SMILES string of the molecule is CCC1C(=O)NC2(CCCC2)C(=O)N1c1ccc(Cl)cc1. The van der Waals surface area contributed by atoms with Crippen LogP contribution in [0.15, 0.2) is 24.3 Å². The van der Waals surface area contributed by atoms with E-state index < -0.39 is 11.6 Å². The monoisotopic (exact) mass is 306 g/mol. The first-order valence-corrected chi connectivity index (χ1v) is 7.86. The van der Waals surface area contributed by atoms with Crippen LogP contribution in [0.1, 0.15) is 39.0 Å². The van der Waals surface area contributed by atoms with Crippen molar-refractivity contribution >= 4 is 29.1 Å². The van der Waals surface area contributed by atoms with Gasteiger partial charge >= 0.3 is 0 Å². The zero-order valence-electron chi connectivity index (χ0n) is 12.1. The lowest BCUT2D eigenvalue weighted by Gasteiger charge is -2.44. The first-order valence-electron chi connectivity index (χ1n) is 7.49. The highest BCUT2D eigenvalue weighted by Gasteiger charge is 2.51. The summed E-state index contributed by atoms with van der Waals surface area (Å²) in [6, 6.07) is 6.69. The van der Waals surface area contributed by atoms with Crippen LogP contribution < -0.4 is 10.2 Å². The fourth-order valence-electron chi connectivity index (χ4n) is 3.45. The number of hydrogen-bond acceptors (Lipinski definition) is 2. The molecule has 1 aliphatic carbocycles. The topological polar surface area (TPSA) is 49.4 Å². The van der Waals surface area contributed by atoms with Gasteiger partial charge in [-0.2, -0.15) is 0 Å². The lowest BCUT2D eigenvalue weighted by Crippen LogP contribution is -2.69. The van der Waals surface area contributed by atoms with Gasteiger partial charge in [-0.05, 0) is 43.5 Å². The van der Waals surface area contributed by atoms with Crippen LogP contribution in [-0.2, 0) is 9.59 Å². The summed E-state index contributed by atoms with van der Waals surface area (Å²) in [5.74, 6) is -0.0253. The van der Waals surface area contributed by atoms with Crippen molar-refractivity contribution in [3.05, 3.63) is 29.3 Å². The molecule has 1 spiro atoms. The summed E-state index contributed by atoms with van der Waals surface area (Å²) in [5, 5.41) is 3.62. The second kappa shape index (κ2) is 5.34. The van der Waals surface area contributed by atoms with Crippen LogP contribution in [0, 0.1) is 0 Å². The van der Waals surface area contributed by atoms with Gasteiger partial charge in [0.05, 0.1) is 0 Å². The van der Waals surface area contributed by atoms with E-state index in [9.17, 15) is 9.59 Å². The molecular formula is C16H19ClN2O2. The van der Waals surface area contributed by atoms with Crippen molar-refractivity contribution in [1.82, 2.24) is 5.32 Å². The minimum atomic E-state index is -0.692. The number of amides is 2. The third-order valence-corrected chi connectivity index (χ3v) is 4.81. The molecule has 3 rings (SSSR count). The van der Waals surface area contributed by atoms with E-state index in [-0.39, 0.29) is 11.8 Å². The summed E-state index contributed by atoms with van der Waals surface area (Å²) < 4.78 is 0. The van der Waals surface area contributed by atoms with Gasteiger partial charge in [0.25, 0.3) is 5.91 Å².